The van der Waals surface area contributed by atoms with E-state index >= 15 is 0 Å². The number of halogens is 2. The fourth-order valence-corrected chi connectivity index (χ4v) is 1.30. The quantitative estimate of drug-likeness (QED) is 0.412. The van der Waals surface area contributed by atoms with Crippen LogP contribution in [-0.4, -0.2) is 23.6 Å². The summed E-state index contributed by atoms with van der Waals surface area (Å²) in [6.45, 7) is 2.80. The molecule has 2 nitrogen and oxygen atoms in total. The lowest BCUT2D eigenvalue weighted by Gasteiger charge is -2.29. The van der Waals surface area contributed by atoms with Crippen molar-refractivity contribution in [3.63, 3.8) is 0 Å². The minimum Gasteiger partial charge on any atom is -0.309 e. The van der Waals surface area contributed by atoms with Gasteiger partial charge in [0.15, 0.2) is 0 Å². The zero-order valence-corrected chi connectivity index (χ0v) is 6.71. The van der Waals surface area contributed by atoms with Gasteiger partial charge in [0.1, 0.15) is 0 Å². The Morgan fingerprint density at radius 2 is 2.11 bits per heavy atom. The summed E-state index contributed by atoms with van der Waals surface area (Å²) in [4.78, 5) is 0. The molecule has 0 radical (unpaired) electrons. The minimum absolute atomic E-state index is 0.0244. The van der Waals surface area contributed by atoms with E-state index in [1.165, 1.54) is 0 Å². The van der Waals surface area contributed by atoms with Crippen LogP contribution in [-0.2, 0) is 0 Å². The fourth-order valence-electron chi connectivity index (χ4n) is 0.769. The first-order valence-electron chi connectivity index (χ1n) is 2.97. The van der Waals surface area contributed by atoms with Crippen LogP contribution in [0.2, 0.25) is 0 Å². The van der Waals surface area contributed by atoms with E-state index in [2.05, 4.69) is 10.6 Å². The molecule has 2 N–H and O–H groups in total. The van der Waals surface area contributed by atoms with Gasteiger partial charge in [0, 0.05) is 12.6 Å². The van der Waals surface area contributed by atoms with Crippen LogP contribution < -0.4 is 10.6 Å². The highest BCUT2D eigenvalue weighted by Gasteiger charge is 2.22. The zero-order valence-electron chi connectivity index (χ0n) is 5.20. The molecule has 1 aliphatic rings. The van der Waals surface area contributed by atoms with Crippen molar-refractivity contribution < 1.29 is 0 Å². The molecule has 0 aromatic rings. The molecule has 9 heavy (non-hydrogen) atoms. The van der Waals surface area contributed by atoms with Gasteiger partial charge in [-0.3, -0.25) is 5.32 Å². The maximum absolute atomic E-state index is 5.80. The minimum atomic E-state index is -0.0405. The Morgan fingerprint density at radius 3 is 2.56 bits per heavy atom. The molecule has 1 rings (SSSR count). The number of alkyl halides is 2. The Labute approximate surface area is 64.9 Å². The third-order valence-corrected chi connectivity index (χ3v) is 2.18. The molecule has 3 unspecified atom stereocenters. The van der Waals surface area contributed by atoms with Crippen LogP contribution in [0.5, 0.6) is 0 Å². The first-order chi connectivity index (χ1) is 4.20. The average molecular weight is 169 g/mol. The Morgan fingerprint density at radius 1 is 1.44 bits per heavy atom. The molecule has 54 valence electrons. The molecule has 0 aromatic heterocycles. The molecule has 1 saturated heterocycles. The maximum atomic E-state index is 5.80. The number of piperazine rings is 1. The lowest BCUT2D eigenvalue weighted by Crippen LogP contribution is -2.55. The molecule has 0 aliphatic carbocycles. The average Bonchev–Trinajstić information content (AvgIpc) is 1.80. The summed E-state index contributed by atoms with van der Waals surface area (Å²) in [5.41, 5.74) is -0.0649. The van der Waals surface area contributed by atoms with Crippen LogP contribution in [0.25, 0.3) is 0 Å². The van der Waals surface area contributed by atoms with Crippen LogP contribution in [0.4, 0.5) is 0 Å². The summed E-state index contributed by atoms with van der Waals surface area (Å²) >= 11 is 11.5. The molecular formula is C5H10Cl2N2. The van der Waals surface area contributed by atoms with Crippen molar-refractivity contribution in [3.8, 4) is 0 Å². The highest BCUT2D eigenvalue weighted by Crippen LogP contribution is 2.06. The monoisotopic (exact) mass is 168 g/mol. The van der Waals surface area contributed by atoms with Crippen LogP contribution in [0.15, 0.2) is 0 Å². The largest absolute Gasteiger partial charge is 0.309 e. The van der Waals surface area contributed by atoms with E-state index < -0.39 is 0 Å². The van der Waals surface area contributed by atoms with Crippen molar-refractivity contribution in [3.05, 3.63) is 0 Å². The van der Waals surface area contributed by atoms with Gasteiger partial charge >= 0.3 is 0 Å². The van der Waals surface area contributed by atoms with E-state index in [4.69, 9.17) is 23.2 Å². The van der Waals surface area contributed by atoms with E-state index in [0.29, 0.717) is 6.04 Å². The van der Waals surface area contributed by atoms with E-state index in [1.54, 1.807) is 0 Å². The van der Waals surface area contributed by atoms with Gasteiger partial charge in [0.2, 0.25) is 0 Å². The molecule has 3 atom stereocenters. The Bertz CT molecular complexity index is 99.0. The van der Waals surface area contributed by atoms with Gasteiger partial charge in [-0.05, 0) is 6.92 Å². The molecule has 0 bridgehead atoms. The summed E-state index contributed by atoms with van der Waals surface area (Å²) in [6.07, 6.45) is 0. The van der Waals surface area contributed by atoms with E-state index in [0.717, 1.165) is 6.54 Å². The van der Waals surface area contributed by atoms with Crippen LogP contribution >= 0.6 is 23.2 Å². The predicted molar refractivity (Wildman–Crippen MR) is 39.9 cm³/mol. The highest BCUT2D eigenvalue weighted by molar-refractivity contribution is 6.23. The molecule has 0 spiro atoms. The predicted octanol–water partition coefficient (Wildman–Crippen LogP) is 0.697. The Kier molecular flexibility index (Phi) is 2.59. The summed E-state index contributed by atoms with van der Waals surface area (Å²) in [5.74, 6) is 0. The van der Waals surface area contributed by atoms with Gasteiger partial charge in [-0.15, -0.1) is 23.2 Å². The van der Waals surface area contributed by atoms with Gasteiger partial charge in [0.25, 0.3) is 0 Å². The molecule has 1 fully saturated rings. The number of nitrogens with one attached hydrogen (secondary N) is 2. The van der Waals surface area contributed by atoms with Crippen LogP contribution in [0, 0.1) is 0 Å². The molecule has 0 aromatic carbocycles. The third-order valence-electron chi connectivity index (χ3n) is 1.40. The van der Waals surface area contributed by atoms with Crippen LogP contribution in [0.3, 0.4) is 0 Å². The van der Waals surface area contributed by atoms with Crippen molar-refractivity contribution in [1.29, 1.82) is 0 Å². The van der Waals surface area contributed by atoms with Gasteiger partial charge in [0.05, 0.1) is 11.0 Å². The number of hydrogen-bond donors (Lipinski definition) is 2. The van der Waals surface area contributed by atoms with Crippen molar-refractivity contribution >= 4 is 23.2 Å². The van der Waals surface area contributed by atoms with Gasteiger partial charge in [-0.25, -0.2) is 0 Å². The summed E-state index contributed by atoms with van der Waals surface area (Å²) in [6, 6.07) is 0.307. The van der Waals surface area contributed by atoms with Crippen molar-refractivity contribution in [2.24, 2.45) is 0 Å². The molecule has 0 saturated carbocycles. The first-order valence-corrected chi connectivity index (χ1v) is 3.85. The molecule has 4 heteroatoms. The van der Waals surface area contributed by atoms with Crippen LogP contribution in [0.1, 0.15) is 6.92 Å². The molecule has 1 aliphatic heterocycles. The van der Waals surface area contributed by atoms with Gasteiger partial charge < -0.3 is 5.32 Å². The molecule has 0 amide bonds. The second kappa shape index (κ2) is 3.06. The van der Waals surface area contributed by atoms with Gasteiger partial charge in [-0.1, -0.05) is 0 Å². The Balaban J connectivity index is 2.35. The SMILES string of the molecule is CC1NCC(Cl)NC1Cl. The third kappa shape index (κ3) is 1.97. The van der Waals surface area contributed by atoms with Gasteiger partial charge in [-0.2, -0.15) is 0 Å². The normalized spacial score (nSPS) is 45.0. The van der Waals surface area contributed by atoms with Crippen molar-refractivity contribution in [2.45, 2.75) is 24.0 Å². The maximum Gasteiger partial charge on any atom is 0.0989 e. The Hall–Kier alpha value is 0.500. The van der Waals surface area contributed by atoms with E-state index in [1.807, 2.05) is 6.92 Å². The zero-order chi connectivity index (χ0) is 6.85. The summed E-state index contributed by atoms with van der Waals surface area (Å²) in [7, 11) is 0. The highest BCUT2D eigenvalue weighted by atomic mass is 35.5. The topological polar surface area (TPSA) is 24.1 Å². The summed E-state index contributed by atoms with van der Waals surface area (Å²) in [5, 5.41) is 6.15. The number of hydrogen-bond acceptors (Lipinski definition) is 2. The van der Waals surface area contributed by atoms with E-state index in [-0.39, 0.29) is 11.0 Å². The molecule has 1 heterocycles. The second-order valence-corrected chi connectivity index (χ2v) is 3.23. The second-order valence-electron chi connectivity index (χ2n) is 2.23. The standard InChI is InChI=1S/C5H10Cl2N2/c1-3-5(7)9-4(6)2-8-3/h3-5,8-9H,2H2,1H3. The van der Waals surface area contributed by atoms with Crippen molar-refractivity contribution in [2.75, 3.05) is 6.54 Å². The smallest absolute Gasteiger partial charge is 0.0989 e. The fraction of sp³-hybridized carbons (Fsp3) is 1.00. The lowest BCUT2D eigenvalue weighted by molar-refractivity contribution is 0.389. The molecular weight excluding hydrogens is 159 g/mol. The first kappa shape index (κ1) is 7.61. The van der Waals surface area contributed by atoms with Crippen molar-refractivity contribution in [1.82, 2.24) is 10.6 Å². The lowest BCUT2D eigenvalue weighted by atomic mass is 10.3. The number of rotatable bonds is 0. The van der Waals surface area contributed by atoms with E-state index in [9.17, 15) is 0 Å². The summed E-state index contributed by atoms with van der Waals surface area (Å²) < 4.78 is 0.